The molecule has 0 atom stereocenters. The number of nitrogens with one attached hydrogen (secondary N) is 3. The van der Waals surface area contributed by atoms with Gasteiger partial charge in [-0.1, -0.05) is 151 Å². The smallest absolute Gasteiger partial charge is 0.444 e. The number of imidazole rings is 3. The van der Waals surface area contributed by atoms with E-state index in [9.17, 15) is 37.1 Å². The van der Waals surface area contributed by atoms with Crippen molar-refractivity contribution in [3.05, 3.63) is 229 Å². The summed E-state index contributed by atoms with van der Waals surface area (Å²) in [5, 5.41) is 5.43. The molecule has 6 heterocycles. The number of alkyl halides is 3. The average Bonchev–Trinajstić information content (AvgIpc) is 1.64. The molecule has 0 unspecified atom stereocenters. The predicted molar refractivity (Wildman–Crippen MR) is 395 cm³/mol. The lowest BCUT2D eigenvalue weighted by Gasteiger charge is -2.19. The van der Waals surface area contributed by atoms with Crippen molar-refractivity contribution in [2.75, 3.05) is 16.4 Å². The van der Waals surface area contributed by atoms with Crippen molar-refractivity contribution >= 4 is 69.0 Å². The number of H-pyrrole nitrogens is 1. The first-order valence-electron chi connectivity index (χ1n) is 33.3. The molecule has 5 N–H and O–H groups in total. The summed E-state index contributed by atoms with van der Waals surface area (Å²) in [6.45, 7) is 24.8. The molecule has 2 amide bonds. The number of carbonyl (C=O) groups excluding carboxylic acids is 3. The molecule has 6 aromatic carbocycles. The van der Waals surface area contributed by atoms with Crippen LogP contribution in [0.5, 0.6) is 0 Å². The van der Waals surface area contributed by atoms with E-state index in [1.54, 1.807) is 79.8 Å². The van der Waals surface area contributed by atoms with Gasteiger partial charge < -0.3 is 20.2 Å². The maximum absolute atomic E-state index is 13.0. The fourth-order valence-electron chi connectivity index (χ4n) is 11.1. The van der Waals surface area contributed by atoms with E-state index in [1.807, 2.05) is 145 Å². The zero-order chi connectivity index (χ0) is 74.8. The van der Waals surface area contributed by atoms with E-state index in [2.05, 4.69) is 90.3 Å². The number of carbonyl (C=O) groups is 3. The zero-order valence-corrected chi connectivity index (χ0v) is 59.9. The predicted octanol–water partition coefficient (Wildman–Crippen LogP) is 14.9. The molecule has 0 saturated heterocycles. The molecule has 26 heteroatoms. The molecule has 0 fully saturated rings. The second kappa shape index (κ2) is 31.8. The van der Waals surface area contributed by atoms with E-state index >= 15 is 0 Å². The number of aryl methyl sites for hydroxylation is 2. The van der Waals surface area contributed by atoms with Crippen LogP contribution in [0.2, 0.25) is 0 Å². The summed E-state index contributed by atoms with van der Waals surface area (Å²) in [6.07, 6.45) is -1.63. The van der Waals surface area contributed by atoms with Gasteiger partial charge in [0.15, 0.2) is 34.4 Å². The SMILES string of the molecule is CC(C)c1ccccc1-c1ncc2[nH]c(=O)n(Cc3ccc(NC(=O)OC(C)(C)C)cc3)c2n1.CC(C)c1ccccc1-c1ncc2c(n1)n(Cc1ccc(N)cc1)c(=O)n2C.CC(C)c1ccccc1-c1ncc2c(n1)n(Cc1ccc(NC(=O)OC(C)(C)C)cc1)c(=O)n2C.O=CC(F)(F)F. The molecule has 0 aliphatic carbocycles. The van der Waals surface area contributed by atoms with E-state index in [0.717, 1.165) is 44.5 Å². The fraction of sp³-hybridized carbons (Fsp3) is 0.299. The first kappa shape index (κ1) is 75.4. The minimum absolute atomic E-state index is 0.115. The van der Waals surface area contributed by atoms with E-state index in [1.165, 1.54) is 5.56 Å². The molecule has 0 aliphatic rings. The van der Waals surface area contributed by atoms with Crippen LogP contribution in [0.3, 0.4) is 0 Å². The van der Waals surface area contributed by atoms with Crippen LogP contribution in [-0.2, 0) is 48.0 Å². The Labute approximate surface area is 592 Å². The quantitative estimate of drug-likeness (QED) is 0.0581. The average molecular weight is 1400 g/mol. The summed E-state index contributed by atoms with van der Waals surface area (Å²) >= 11 is 0. The number of hydrogen-bond donors (Lipinski definition) is 4. The second-order valence-corrected chi connectivity index (χ2v) is 27.4. The summed E-state index contributed by atoms with van der Waals surface area (Å²) in [6, 6.07) is 46.4. The molecular weight excluding hydrogens is 1320 g/mol. The highest BCUT2D eigenvalue weighted by Crippen LogP contribution is 2.31. The van der Waals surface area contributed by atoms with Crippen molar-refractivity contribution < 1.29 is 37.0 Å². The Kier molecular flexibility index (Phi) is 23.3. The van der Waals surface area contributed by atoms with Crippen LogP contribution in [0.15, 0.2) is 179 Å². The van der Waals surface area contributed by atoms with Crippen LogP contribution in [0.1, 0.15) is 134 Å². The zero-order valence-electron chi connectivity index (χ0n) is 59.9. The normalized spacial score (nSPS) is 11.6. The van der Waals surface area contributed by atoms with Crippen molar-refractivity contribution in [3.63, 3.8) is 0 Å². The molecule has 23 nitrogen and oxygen atoms in total. The van der Waals surface area contributed by atoms with Crippen LogP contribution < -0.4 is 33.4 Å². The summed E-state index contributed by atoms with van der Waals surface area (Å²) < 4.78 is 49.9. The van der Waals surface area contributed by atoms with Crippen LogP contribution in [0.4, 0.5) is 39.8 Å². The number of aromatic nitrogens is 12. The third-order valence-corrected chi connectivity index (χ3v) is 16.1. The van der Waals surface area contributed by atoms with Gasteiger partial charge >= 0.3 is 35.4 Å². The van der Waals surface area contributed by atoms with E-state index < -0.39 is 35.9 Å². The largest absolute Gasteiger partial charge is 0.446 e. The first-order chi connectivity index (χ1) is 48.6. The summed E-state index contributed by atoms with van der Waals surface area (Å²) in [7, 11) is 3.47. The van der Waals surface area contributed by atoms with Crippen LogP contribution >= 0.6 is 0 Å². The number of ether oxygens (including phenoxy) is 2. The molecule has 12 aromatic rings. The van der Waals surface area contributed by atoms with E-state index in [4.69, 9.17) is 35.0 Å². The lowest BCUT2D eigenvalue weighted by atomic mass is 9.97. The maximum Gasteiger partial charge on any atom is 0.446 e. The number of nitrogens with two attached hydrogens (primary N) is 1. The highest BCUT2D eigenvalue weighted by molar-refractivity contribution is 5.86. The number of amides is 2. The molecule has 0 radical (unpaired) electrons. The van der Waals surface area contributed by atoms with Gasteiger partial charge in [0.1, 0.15) is 27.8 Å². The number of nitrogens with zero attached hydrogens (tertiary/aromatic N) is 11. The molecule has 0 aliphatic heterocycles. The van der Waals surface area contributed by atoms with Gasteiger partial charge in [0.25, 0.3) is 0 Å². The third kappa shape index (κ3) is 19.2. The van der Waals surface area contributed by atoms with Crippen molar-refractivity contribution in [2.24, 2.45) is 14.1 Å². The van der Waals surface area contributed by atoms with Gasteiger partial charge in [0.05, 0.1) is 38.2 Å². The minimum Gasteiger partial charge on any atom is -0.444 e. The minimum atomic E-state index is -4.64. The molecule has 0 saturated carbocycles. The standard InChI is InChI=1S/C27H31N5O3.C26H29N5O3.C22H23N5O.C2HF3O/c1-17(2)20-9-7-8-10-21(20)23-28-15-22-24(30-23)32(26(34)31(22)6)16-18-11-13-19(14-12-18)29-25(33)35-27(3,4)5;1-16(2)19-8-6-7-9-20(19)22-27-14-21-23(30-22)31(24(32)29-21)15-17-10-12-18(13-11-17)28-25(33)34-26(3,4)5;1-14(2)17-6-4-5-7-18(17)20-24-12-19-21(25-20)27(22(28)26(19)3)13-15-8-10-16(23)11-9-15;3-2(4,5)1-6/h7-15,17H,16H2,1-6H3,(H,29,33);6-14,16H,15H2,1-5H3,(H,28,33)(H,29,32);4-12,14H,13,23H2,1-3H3;1H. The Hall–Kier alpha value is -11.8. The fourth-order valence-corrected chi connectivity index (χ4v) is 11.1. The van der Waals surface area contributed by atoms with Crippen LogP contribution in [0.25, 0.3) is 67.7 Å². The number of anilines is 3. The molecule has 0 spiro atoms. The Balaban J connectivity index is 0.000000173. The number of benzene rings is 6. The molecular formula is C77H84F3N15O8. The van der Waals surface area contributed by atoms with E-state index in [-0.39, 0.29) is 17.1 Å². The van der Waals surface area contributed by atoms with Gasteiger partial charge in [-0.2, -0.15) is 13.2 Å². The molecule has 6 aromatic heterocycles. The summed E-state index contributed by atoms with van der Waals surface area (Å²) in [5.41, 5.74) is 18.9. The lowest BCUT2D eigenvalue weighted by Crippen LogP contribution is -2.27. The van der Waals surface area contributed by atoms with E-state index in [0.29, 0.717) is 105 Å². The Bertz CT molecular complexity index is 5190. The molecule has 0 bridgehead atoms. The Morgan fingerprint density at radius 1 is 0.495 bits per heavy atom. The molecule has 536 valence electrons. The lowest BCUT2D eigenvalue weighted by molar-refractivity contribution is -0.156. The Morgan fingerprint density at radius 2 is 0.816 bits per heavy atom. The number of rotatable bonds is 14. The van der Waals surface area contributed by atoms with Crippen LogP contribution in [0, 0.1) is 0 Å². The number of hydrogen-bond acceptors (Lipinski definition) is 15. The summed E-state index contributed by atoms with van der Waals surface area (Å²) in [4.78, 5) is 102. The van der Waals surface area contributed by atoms with Gasteiger partial charge in [-0.05, 0) is 129 Å². The number of aldehydes is 1. The third-order valence-electron chi connectivity index (χ3n) is 16.1. The van der Waals surface area contributed by atoms with Crippen molar-refractivity contribution in [3.8, 4) is 34.2 Å². The summed E-state index contributed by atoms with van der Waals surface area (Å²) in [5.74, 6) is 2.80. The van der Waals surface area contributed by atoms with Gasteiger partial charge in [0, 0.05) is 47.8 Å². The van der Waals surface area contributed by atoms with Crippen LogP contribution in [-0.4, -0.2) is 93.6 Å². The number of nitrogen functional groups attached to an aromatic ring is 1. The number of halogens is 3. The highest BCUT2D eigenvalue weighted by Gasteiger charge is 2.26. The van der Waals surface area contributed by atoms with Gasteiger partial charge in [-0.15, -0.1) is 0 Å². The van der Waals surface area contributed by atoms with Gasteiger partial charge in [0.2, 0.25) is 6.29 Å². The molecule has 12 rings (SSSR count). The topological polar surface area (TPSA) is 289 Å². The van der Waals surface area contributed by atoms with Gasteiger partial charge in [-0.25, -0.2) is 53.9 Å². The van der Waals surface area contributed by atoms with Gasteiger partial charge in [-0.3, -0.25) is 38.3 Å². The highest BCUT2D eigenvalue weighted by atomic mass is 19.4. The van der Waals surface area contributed by atoms with Crippen molar-refractivity contribution in [1.29, 1.82) is 0 Å². The second-order valence-electron chi connectivity index (χ2n) is 27.4. The Morgan fingerprint density at radius 3 is 1.16 bits per heavy atom. The number of aromatic amines is 1. The molecule has 103 heavy (non-hydrogen) atoms. The first-order valence-corrected chi connectivity index (χ1v) is 33.3. The monoisotopic (exact) mass is 1400 g/mol. The van der Waals surface area contributed by atoms with Crippen molar-refractivity contribution in [1.82, 2.24) is 57.7 Å². The maximum atomic E-state index is 13.0. The number of fused-ring (bicyclic) bond motifs is 3. The van der Waals surface area contributed by atoms with Crippen molar-refractivity contribution in [2.45, 2.75) is 138 Å².